The van der Waals surface area contributed by atoms with Gasteiger partial charge in [0.1, 0.15) is 6.54 Å². The summed E-state index contributed by atoms with van der Waals surface area (Å²) in [6.45, 7) is 9.69. The molecule has 1 saturated heterocycles. The summed E-state index contributed by atoms with van der Waals surface area (Å²) in [7, 11) is 0. The summed E-state index contributed by atoms with van der Waals surface area (Å²) in [5.74, 6) is 0.639. The van der Waals surface area contributed by atoms with E-state index in [0.29, 0.717) is 11.9 Å². The molecule has 25 heavy (non-hydrogen) atoms. The fraction of sp³-hybridized carbons (Fsp3) is 0.579. The van der Waals surface area contributed by atoms with E-state index in [1.165, 1.54) is 10.4 Å². The molecule has 3 rings (SSSR count). The molecular formula is C19H27N5O. The van der Waals surface area contributed by atoms with Crippen molar-refractivity contribution in [3.05, 3.63) is 29.8 Å². The first-order chi connectivity index (χ1) is 11.8. The lowest BCUT2D eigenvalue weighted by Gasteiger charge is -2.30. The molecule has 0 spiro atoms. The predicted octanol–water partition coefficient (Wildman–Crippen LogP) is 3.08. The number of nitrogens with zero attached hydrogens (tertiary/aromatic N) is 5. The van der Waals surface area contributed by atoms with Gasteiger partial charge in [-0.3, -0.25) is 4.79 Å². The average Bonchev–Trinajstić information content (AvgIpc) is 3.16. The molecule has 1 aliphatic heterocycles. The Morgan fingerprint density at radius 2 is 1.96 bits per heavy atom. The number of likely N-dealkylation sites (tertiary alicyclic amines) is 1. The quantitative estimate of drug-likeness (QED) is 0.857. The summed E-state index contributed by atoms with van der Waals surface area (Å²) in [6, 6.07) is 8.30. The fourth-order valence-corrected chi connectivity index (χ4v) is 3.42. The molecule has 2 aromatic rings. The van der Waals surface area contributed by atoms with Crippen LogP contribution in [0, 0.1) is 12.3 Å². The van der Waals surface area contributed by atoms with E-state index in [1.807, 2.05) is 36.1 Å². The van der Waals surface area contributed by atoms with E-state index in [0.717, 1.165) is 31.4 Å². The van der Waals surface area contributed by atoms with Crippen molar-refractivity contribution in [3.63, 3.8) is 0 Å². The van der Waals surface area contributed by atoms with Crippen LogP contribution in [0.2, 0.25) is 0 Å². The Balaban J connectivity index is 1.66. The van der Waals surface area contributed by atoms with E-state index >= 15 is 0 Å². The lowest BCUT2D eigenvalue weighted by molar-refractivity contribution is -0.133. The Kier molecular flexibility index (Phi) is 4.88. The number of aromatic nitrogens is 4. The van der Waals surface area contributed by atoms with Gasteiger partial charge >= 0.3 is 0 Å². The van der Waals surface area contributed by atoms with Crippen molar-refractivity contribution in [1.82, 2.24) is 25.1 Å². The Hall–Kier alpha value is -2.24. The molecule has 6 nitrogen and oxygen atoms in total. The fourth-order valence-electron chi connectivity index (χ4n) is 3.42. The van der Waals surface area contributed by atoms with Gasteiger partial charge in [0.05, 0.1) is 0 Å². The first kappa shape index (κ1) is 17.6. The molecule has 6 heteroatoms. The molecule has 2 heterocycles. The van der Waals surface area contributed by atoms with Crippen LogP contribution < -0.4 is 0 Å². The van der Waals surface area contributed by atoms with Gasteiger partial charge in [0.25, 0.3) is 0 Å². The van der Waals surface area contributed by atoms with E-state index in [-0.39, 0.29) is 17.9 Å². The van der Waals surface area contributed by atoms with Gasteiger partial charge in [-0.05, 0) is 36.8 Å². The molecule has 1 aromatic carbocycles. The largest absolute Gasteiger partial charge is 0.338 e. The van der Waals surface area contributed by atoms with Crippen LogP contribution in [0.3, 0.4) is 0 Å². The molecule has 134 valence electrons. The summed E-state index contributed by atoms with van der Waals surface area (Å²) < 4.78 is 0. The molecule has 0 aliphatic carbocycles. The molecule has 0 N–H and O–H groups in total. The van der Waals surface area contributed by atoms with E-state index in [1.54, 1.807) is 0 Å². The van der Waals surface area contributed by atoms with Crippen LogP contribution in [-0.2, 0) is 11.3 Å². The van der Waals surface area contributed by atoms with Crippen molar-refractivity contribution in [2.75, 3.05) is 6.54 Å². The first-order valence-corrected chi connectivity index (χ1v) is 8.96. The van der Waals surface area contributed by atoms with Gasteiger partial charge in [0.2, 0.25) is 11.7 Å². The molecule has 1 fully saturated rings. The smallest absolute Gasteiger partial charge is 0.246 e. The summed E-state index contributed by atoms with van der Waals surface area (Å²) in [6.07, 6.45) is 3.19. The minimum Gasteiger partial charge on any atom is -0.338 e. The molecule has 0 bridgehead atoms. The number of rotatable bonds is 4. The van der Waals surface area contributed by atoms with Crippen molar-refractivity contribution >= 4 is 5.91 Å². The number of aryl methyl sites for hydroxylation is 1. The highest BCUT2D eigenvalue weighted by Gasteiger charge is 2.32. The van der Waals surface area contributed by atoms with Crippen LogP contribution in [0.1, 0.15) is 45.6 Å². The number of amides is 1. The second-order valence-electron chi connectivity index (χ2n) is 8.16. The molecule has 1 aliphatic rings. The van der Waals surface area contributed by atoms with Crippen LogP contribution in [0.15, 0.2) is 24.3 Å². The Bertz CT molecular complexity index is 729. The van der Waals surface area contributed by atoms with Gasteiger partial charge in [0.15, 0.2) is 0 Å². The zero-order chi connectivity index (χ0) is 18.0. The van der Waals surface area contributed by atoms with E-state index in [2.05, 4.69) is 36.2 Å². The molecule has 1 amide bonds. The third kappa shape index (κ3) is 4.44. The zero-order valence-corrected chi connectivity index (χ0v) is 15.6. The van der Waals surface area contributed by atoms with Gasteiger partial charge in [0, 0.05) is 18.2 Å². The standard InChI is InChI=1S/C19H27N5O/c1-14-7-9-15(10-8-14)18-20-22-24(21-18)13-17(25)23-11-5-6-16(23)12-19(2,3)4/h7-10,16H,5-6,11-13H2,1-4H3. The highest BCUT2D eigenvalue weighted by molar-refractivity contribution is 5.76. The molecule has 1 atom stereocenters. The van der Waals surface area contributed by atoms with Gasteiger partial charge in [-0.2, -0.15) is 4.80 Å². The van der Waals surface area contributed by atoms with Crippen LogP contribution in [0.5, 0.6) is 0 Å². The second-order valence-corrected chi connectivity index (χ2v) is 8.16. The molecule has 1 unspecified atom stereocenters. The molecule has 0 radical (unpaired) electrons. The van der Waals surface area contributed by atoms with Gasteiger partial charge < -0.3 is 4.90 Å². The van der Waals surface area contributed by atoms with Gasteiger partial charge in [-0.15, -0.1) is 10.2 Å². The van der Waals surface area contributed by atoms with Crippen molar-refractivity contribution in [2.24, 2.45) is 5.41 Å². The van der Waals surface area contributed by atoms with Crippen LogP contribution >= 0.6 is 0 Å². The van der Waals surface area contributed by atoms with Crippen LogP contribution in [-0.4, -0.2) is 43.6 Å². The van der Waals surface area contributed by atoms with Crippen molar-refractivity contribution < 1.29 is 4.79 Å². The van der Waals surface area contributed by atoms with Crippen LogP contribution in [0.25, 0.3) is 11.4 Å². The minimum absolute atomic E-state index is 0.0830. The maximum absolute atomic E-state index is 12.7. The SMILES string of the molecule is Cc1ccc(-c2nnn(CC(=O)N3CCCC3CC(C)(C)C)n2)cc1. The first-order valence-electron chi connectivity index (χ1n) is 8.96. The lowest BCUT2D eigenvalue weighted by atomic mass is 9.87. The zero-order valence-electron chi connectivity index (χ0n) is 15.6. The number of hydrogen-bond acceptors (Lipinski definition) is 4. The Labute approximate surface area is 149 Å². The molecule has 0 saturated carbocycles. The summed E-state index contributed by atoms with van der Waals surface area (Å²) in [5, 5.41) is 12.5. The Morgan fingerprint density at radius 3 is 2.64 bits per heavy atom. The van der Waals surface area contributed by atoms with Crippen molar-refractivity contribution in [3.8, 4) is 11.4 Å². The molecular weight excluding hydrogens is 314 g/mol. The number of tetrazole rings is 1. The van der Waals surface area contributed by atoms with Gasteiger partial charge in [-0.1, -0.05) is 50.6 Å². The maximum atomic E-state index is 12.7. The van der Waals surface area contributed by atoms with Crippen molar-refractivity contribution in [1.29, 1.82) is 0 Å². The lowest BCUT2D eigenvalue weighted by Crippen LogP contribution is -2.39. The highest BCUT2D eigenvalue weighted by atomic mass is 16.2. The summed E-state index contributed by atoms with van der Waals surface area (Å²) >= 11 is 0. The predicted molar refractivity (Wildman–Crippen MR) is 96.8 cm³/mol. The topological polar surface area (TPSA) is 63.9 Å². The number of carbonyl (C=O) groups is 1. The minimum atomic E-state index is 0.0830. The third-order valence-electron chi connectivity index (χ3n) is 4.58. The average molecular weight is 341 g/mol. The van der Waals surface area contributed by atoms with Crippen molar-refractivity contribution in [2.45, 2.75) is 59.5 Å². The van der Waals surface area contributed by atoms with Crippen LogP contribution in [0.4, 0.5) is 0 Å². The van der Waals surface area contributed by atoms with E-state index in [9.17, 15) is 4.79 Å². The summed E-state index contributed by atoms with van der Waals surface area (Å²) in [4.78, 5) is 16.1. The second kappa shape index (κ2) is 6.94. The number of hydrogen-bond donors (Lipinski definition) is 0. The third-order valence-corrected chi connectivity index (χ3v) is 4.58. The Morgan fingerprint density at radius 1 is 1.24 bits per heavy atom. The van der Waals surface area contributed by atoms with Gasteiger partial charge in [-0.25, -0.2) is 0 Å². The maximum Gasteiger partial charge on any atom is 0.246 e. The number of carbonyl (C=O) groups excluding carboxylic acids is 1. The number of benzene rings is 1. The van der Waals surface area contributed by atoms with E-state index < -0.39 is 0 Å². The normalized spacial score (nSPS) is 17.9. The summed E-state index contributed by atoms with van der Waals surface area (Å²) in [5.41, 5.74) is 2.32. The monoisotopic (exact) mass is 341 g/mol. The highest BCUT2D eigenvalue weighted by Crippen LogP contribution is 2.30. The molecule has 1 aromatic heterocycles. The van der Waals surface area contributed by atoms with E-state index in [4.69, 9.17) is 0 Å².